The number of hydrogen-bond acceptors (Lipinski definition) is 3. The van der Waals surface area contributed by atoms with Crippen LogP contribution in [0.1, 0.15) is 45.4 Å². The van der Waals surface area contributed by atoms with Crippen LogP contribution < -0.4 is 5.73 Å². The summed E-state index contributed by atoms with van der Waals surface area (Å²) in [5.74, 6) is 0. The van der Waals surface area contributed by atoms with Gasteiger partial charge in [-0.05, 0) is 32.6 Å². The first-order valence-corrected chi connectivity index (χ1v) is 6.92. The highest BCUT2D eigenvalue weighted by Gasteiger charge is 2.30. The summed E-state index contributed by atoms with van der Waals surface area (Å²) in [6, 6.07) is 1.06. The predicted octanol–water partition coefficient (Wildman–Crippen LogP) is 1.76. The van der Waals surface area contributed by atoms with Crippen molar-refractivity contribution >= 4 is 0 Å². The third-order valence-electron chi connectivity index (χ3n) is 4.13. The standard InChI is InChI=1S/C13H26N2O/c1-2-16-11-7-9-15(10-8-11)13-6-4-3-5-12(13)14/h11-13H,2-10,14H2,1H3. The molecule has 1 saturated heterocycles. The van der Waals surface area contributed by atoms with Crippen molar-refractivity contribution in [2.45, 2.75) is 63.6 Å². The lowest BCUT2D eigenvalue weighted by Crippen LogP contribution is -2.52. The van der Waals surface area contributed by atoms with E-state index in [0.29, 0.717) is 18.2 Å². The monoisotopic (exact) mass is 226 g/mol. The van der Waals surface area contributed by atoms with Crippen LogP contribution in [0.3, 0.4) is 0 Å². The summed E-state index contributed by atoms with van der Waals surface area (Å²) in [4.78, 5) is 2.61. The third kappa shape index (κ3) is 2.96. The van der Waals surface area contributed by atoms with Gasteiger partial charge in [-0.3, -0.25) is 4.90 Å². The molecule has 1 aliphatic heterocycles. The summed E-state index contributed by atoms with van der Waals surface area (Å²) in [5, 5.41) is 0. The largest absolute Gasteiger partial charge is 0.378 e. The molecule has 0 radical (unpaired) electrons. The van der Waals surface area contributed by atoms with Gasteiger partial charge in [0.25, 0.3) is 0 Å². The van der Waals surface area contributed by atoms with E-state index in [-0.39, 0.29) is 0 Å². The molecule has 2 rings (SSSR count). The normalized spacial score (nSPS) is 34.1. The summed E-state index contributed by atoms with van der Waals surface area (Å²) in [6.07, 6.45) is 8.10. The topological polar surface area (TPSA) is 38.5 Å². The predicted molar refractivity (Wildman–Crippen MR) is 66.5 cm³/mol. The molecule has 2 atom stereocenters. The van der Waals surface area contributed by atoms with Gasteiger partial charge in [0, 0.05) is 31.8 Å². The van der Waals surface area contributed by atoms with Gasteiger partial charge in [0.15, 0.2) is 0 Å². The Morgan fingerprint density at radius 1 is 1.12 bits per heavy atom. The lowest BCUT2D eigenvalue weighted by Gasteiger charge is -2.42. The van der Waals surface area contributed by atoms with Crippen LogP contribution >= 0.6 is 0 Å². The molecule has 2 fully saturated rings. The fourth-order valence-corrected chi connectivity index (χ4v) is 3.20. The Kier molecular flexibility index (Phi) is 4.62. The van der Waals surface area contributed by atoms with Crippen molar-refractivity contribution in [1.29, 1.82) is 0 Å². The van der Waals surface area contributed by atoms with Crippen LogP contribution in [-0.2, 0) is 4.74 Å². The first kappa shape index (κ1) is 12.3. The van der Waals surface area contributed by atoms with Crippen molar-refractivity contribution < 1.29 is 4.74 Å². The maximum atomic E-state index is 6.23. The van der Waals surface area contributed by atoms with Crippen molar-refractivity contribution in [2.24, 2.45) is 5.73 Å². The molecule has 0 bridgehead atoms. The third-order valence-corrected chi connectivity index (χ3v) is 4.13. The Labute approximate surface area is 99.3 Å². The second-order valence-electron chi connectivity index (χ2n) is 5.21. The summed E-state index contributed by atoms with van der Waals surface area (Å²) in [6.45, 7) is 5.31. The van der Waals surface area contributed by atoms with E-state index in [4.69, 9.17) is 10.5 Å². The van der Waals surface area contributed by atoms with Crippen LogP contribution in [0.5, 0.6) is 0 Å². The van der Waals surface area contributed by atoms with Crippen LogP contribution in [0, 0.1) is 0 Å². The van der Waals surface area contributed by atoms with Crippen molar-refractivity contribution in [2.75, 3.05) is 19.7 Å². The number of likely N-dealkylation sites (tertiary alicyclic amines) is 1. The van der Waals surface area contributed by atoms with E-state index in [1.165, 1.54) is 51.6 Å². The molecular formula is C13H26N2O. The van der Waals surface area contributed by atoms with E-state index in [0.717, 1.165) is 6.61 Å². The van der Waals surface area contributed by atoms with Crippen LogP contribution in [0.15, 0.2) is 0 Å². The van der Waals surface area contributed by atoms with Crippen LogP contribution in [0.4, 0.5) is 0 Å². The molecule has 16 heavy (non-hydrogen) atoms. The fourth-order valence-electron chi connectivity index (χ4n) is 3.20. The van der Waals surface area contributed by atoms with E-state index in [1.54, 1.807) is 0 Å². The maximum absolute atomic E-state index is 6.23. The second kappa shape index (κ2) is 5.99. The fraction of sp³-hybridized carbons (Fsp3) is 1.00. The van der Waals surface area contributed by atoms with Gasteiger partial charge in [0.1, 0.15) is 0 Å². The van der Waals surface area contributed by atoms with Crippen molar-refractivity contribution in [1.82, 2.24) is 4.90 Å². The average molecular weight is 226 g/mol. The highest BCUT2D eigenvalue weighted by Crippen LogP contribution is 2.25. The van der Waals surface area contributed by atoms with Crippen LogP contribution in [-0.4, -0.2) is 42.8 Å². The first-order valence-electron chi connectivity index (χ1n) is 6.92. The second-order valence-corrected chi connectivity index (χ2v) is 5.21. The molecule has 3 nitrogen and oxygen atoms in total. The minimum absolute atomic E-state index is 0.414. The molecule has 2 N–H and O–H groups in total. The van der Waals surface area contributed by atoms with Gasteiger partial charge in [-0.2, -0.15) is 0 Å². The Morgan fingerprint density at radius 2 is 1.81 bits per heavy atom. The molecule has 1 saturated carbocycles. The van der Waals surface area contributed by atoms with Gasteiger partial charge in [-0.1, -0.05) is 12.8 Å². The zero-order valence-electron chi connectivity index (χ0n) is 10.5. The Balaban J connectivity index is 1.79. The molecule has 0 aromatic heterocycles. The summed E-state index contributed by atoms with van der Waals surface area (Å²) < 4.78 is 5.69. The number of piperidine rings is 1. The molecule has 0 aromatic carbocycles. The number of ether oxygens (including phenoxy) is 1. The highest BCUT2D eigenvalue weighted by molar-refractivity contribution is 4.88. The van der Waals surface area contributed by atoms with Gasteiger partial charge < -0.3 is 10.5 Å². The Hall–Kier alpha value is -0.120. The molecule has 94 valence electrons. The van der Waals surface area contributed by atoms with Crippen molar-refractivity contribution in [3.63, 3.8) is 0 Å². The number of nitrogens with zero attached hydrogens (tertiary/aromatic N) is 1. The van der Waals surface area contributed by atoms with Gasteiger partial charge in [0.2, 0.25) is 0 Å². The Bertz CT molecular complexity index is 202. The van der Waals surface area contributed by atoms with E-state index in [1.807, 2.05) is 0 Å². The molecule has 1 heterocycles. The van der Waals surface area contributed by atoms with E-state index >= 15 is 0 Å². The van der Waals surface area contributed by atoms with Gasteiger partial charge >= 0.3 is 0 Å². The SMILES string of the molecule is CCOC1CCN(C2CCCCC2N)CC1. The smallest absolute Gasteiger partial charge is 0.0599 e. The Morgan fingerprint density at radius 3 is 2.44 bits per heavy atom. The van der Waals surface area contributed by atoms with Crippen molar-refractivity contribution in [3.05, 3.63) is 0 Å². The summed E-state index contributed by atoms with van der Waals surface area (Å²) in [5.41, 5.74) is 6.23. The molecular weight excluding hydrogens is 200 g/mol. The molecule has 1 aliphatic carbocycles. The van der Waals surface area contributed by atoms with E-state index in [2.05, 4.69) is 11.8 Å². The van der Waals surface area contributed by atoms with E-state index < -0.39 is 0 Å². The minimum Gasteiger partial charge on any atom is -0.378 e. The van der Waals surface area contributed by atoms with Crippen molar-refractivity contribution in [3.8, 4) is 0 Å². The van der Waals surface area contributed by atoms with Crippen LogP contribution in [0.25, 0.3) is 0 Å². The molecule has 0 aromatic rings. The van der Waals surface area contributed by atoms with E-state index in [9.17, 15) is 0 Å². The molecule has 0 amide bonds. The zero-order valence-corrected chi connectivity index (χ0v) is 10.5. The molecule has 0 spiro atoms. The number of nitrogens with two attached hydrogens (primary N) is 1. The first-order chi connectivity index (χ1) is 7.81. The average Bonchev–Trinajstić information content (AvgIpc) is 2.31. The lowest BCUT2D eigenvalue weighted by molar-refractivity contribution is -0.00315. The highest BCUT2D eigenvalue weighted by atomic mass is 16.5. The lowest BCUT2D eigenvalue weighted by atomic mass is 9.88. The summed E-state index contributed by atoms with van der Waals surface area (Å²) >= 11 is 0. The maximum Gasteiger partial charge on any atom is 0.0599 e. The van der Waals surface area contributed by atoms with Gasteiger partial charge in [-0.15, -0.1) is 0 Å². The molecule has 3 heteroatoms. The number of hydrogen-bond donors (Lipinski definition) is 1. The molecule has 2 aliphatic rings. The minimum atomic E-state index is 0.414. The quantitative estimate of drug-likeness (QED) is 0.797. The van der Waals surface area contributed by atoms with Gasteiger partial charge in [-0.25, -0.2) is 0 Å². The molecule has 2 unspecified atom stereocenters. The summed E-state index contributed by atoms with van der Waals surface area (Å²) in [7, 11) is 0. The zero-order chi connectivity index (χ0) is 11.4. The number of rotatable bonds is 3. The van der Waals surface area contributed by atoms with Crippen LogP contribution in [0.2, 0.25) is 0 Å². The van der Waals surface area contributed by atoms with Gasteiger partial charge in [0.05, 0.1) is 6.10 Å².